The van der Waals surface area contributed by atoms with Crippen molar-refractivity contribution >= 4 is 40.1 Å². The van der Waals surface area contributed by atoms with Gasteiger partial charge in [0.15, 0.2) is 0 Å². The molecule has 4 rings (SSSR count). The van der Waals surface area contributed by atoms with Gasteiger partial charge in [-0.2, -0.15) is 0 Å². The fourth-order valence-electron chi connectivity index (χ4n) is 3.98. The predicted octanol–water partition coefficient (Wildman–Crippen LogP) is 5.91. The lowest BCUT2D eigenvalue weighted by Gasteiger charge is -2.14. The lowest BCUT2D eigenvalue weighted by molar-refractivity contribution is -0.134. The molecule has 0 saturated carbocycles. The molecule has 0 radical (unpaired) electrons. The molecule has 0 saturated heterocycles. The first-order chi connectivity index (χ1) is 17.2. The Kier molecular flexibility index (Phi) is 7.26. The minimum Gasteiger partial charge on any atom is -0.457 e. The summed E-state index contributed by atoms with van der Waals surface area (Å²) in [6.45, 7) is 2.33. The van der Waals surface area contributed by atoms with E-state index in [1.807, 2.05) is 0 Å². The van der Waals surface area contributed by atoms with E-state index in [9.17, 15) is 13.8 Å². The van der Waals surface area contributed by atoms with Crippen LogP contribution in [0, 0.1) is 11.6 Å². The number of fused-ring (bicyclic) bond motifs is 1. The Labute approximate surface area is 209 Å². The number of hydrogen-bond donors (Lipinski definition) is 0. The Bertz CT molecular complexity index is 1440. The second-order valence-corrected chi connectivity index (χ2v) is 9.52. The Balaban J connectivity index is 1.81. The predicted molar refractivity (Wildman–Crippen MR) is 133 cm³/mol. The Hall–Kier alpha value is -3.91. The molecule has 184 valence electrons. The Morgan fingerprint density at radius 1 is 0.972 bits per heavy atom. The Morgan fingerprint density at radius 2 is 1.64 bits per heavy atom. The van der Waals surface area contributed by atoms with Gasteiger partial charge in [0.25, 0.3) is 0 Å². The topological polar surface area (TPSA) is 69.7 Å². The van der Waals surface area contributed by atoms with Gasteiger partial charge in [-0.05, 0) is 48.4 Å². The number of rotatable bonds is 6. The van der Waals surface area contributed by atoms with E-state index < -0.39 is 41.0 Å². The molecule has 0 aliphatic heterocycles. The zero-order valence-electron chi connectivity index (χ0n) is 19.8. The summed E-state index contributed by atoms with van der Waals surface area (Å²) in [5.74, 6) is -3.12. The highest BCUT2D eigenvalue weighted by Gasteiger charge is 2.34. The van der Waals surface area contributed by atoms with Crippen molar-refractivity contribution in [2.24, 2.45) is 0 Å². The van der Waals surface area contributed by atoms with Crippen molar-refractivity contribution in [2.45, 2.75) is 25.3 Å². The number of carbonyl (C=O) groups is 2. The van der Waals surface area contributed by atoms with Gasteiger partial charge in [-0.25, -0.2) is 13.6 Å². The van der Waals surface area contributed by atoms with Crippen molar-refractivity contribution in [3.63, 3.8) is 0 Å². The van der Waals surface area contributed by atoms with E-state index in [0.717, 1.165) is 6.07 Å². The lowest BCUT2D eigenvalue weighted by atomic mass is 9.97. The molecule has 1 unspecified atom stereocenters. The number of benzene rings is 3. The molecule has 0 spiro atoms. The molecule has 36 heavy (non-hydrogen) atoms. The molecule has 0 amide bonds. The van der Waals surface area contributed by atoms with E-state index in [1.54, 1.807) is 73.9 Å². The van der Waals surface area contributed by atoms with Gasteiger partial charge in [0.05, 0.1) is 5.56 Å². The maximum absolute atomic E-state index is 15.2. The van der Waals surface area contributed by atoms with E-state index in [2.05, 4.69) is 0 Å². The average Bonchev–Trinajstić information content (AvgIpc) is 3.11. The highest BCUT2D eigenvalue weighted by atomic mass is 32.2. The zero-order valence-corrected chi connectivity index (χ0v) is 20.6. The lowest BCUT2D eigenvalue weighted by Crippen LogP contribution is -2.10. The third kappa shape index (κ3) is 5.04. The molecule has 0 aromatic heterocycles. The fraction of sp³-hybridized carbons (Fsp3) is 0.143. The van der Waals surface area contributed by atoms with Crippen LogP contribution in [0.5, 0.6) is 0 Å². The van der Waals surface area contributed by atoms with Crippen LogP contribution in [-0.2, 0) is 31.7 Å². The monoisotopic (exact) mass is 508 g/mol. The highest BCUT2D eigenvalue weighted by Crippen LogP contribution is 2.46. The van der Waals surface area contributed by atoms with Crippen molar-refractivity contribution in [3.8, 4) is 0 Å². The van der Waals surface area contributed by atoms with Crippen LogP contribution in [0.2, 0.25) is 0 Å². The zero-order chi connectivity index (χ0) is 26.0. The third-order valence-corrected chi connectivity index (χ3v) is 6.64. The van der Waals surface area contributed by atoms with Crippen LogP contribution in [0.4, 0.5) is 8.78 Å². The molecule has 5 nitrogen and oxygen atoms in total. The summed E-state index contributed by atoms with van der Waals surface area (Å²) in [5.41, 5.74) is 1.72. The first kappa shape index (κ1) is 25.2. The molecule has 1 atom stereocenters. The number of carbonyl (C=O) groups excluding carboxylic acids is 2. The summed E-state index contributed by atoms with van der Waals surface area (Å²) in [6.07, 6.45) is 3.24. The van der Waals surface area contributed by atoms with E-state index in [0.29, 0.717) is 21.6 Å². The molecule has 0 fully saturated rings. The largest absolute Gasteiger partial charge is 0.457 e. The van der Waals surface area contributed by atoms with Crippen LogP contribution >= 0.6 is 0 Å². The quantitative estimate of drug-likeness (QED) is 0.388. The number of hydrogen-bond acceptors (Lipinski definition) is 5. The van der Waals surface area contributed by atoms with E-state index in [-0.39, 0.29) is 28.0 Å². The molecule has 0 heterocycles. The Morgan fingerprint density at radius 3 is 2.25 bits per heavy atom. The number of esters is 2. The summed E-state index contributed by atoms with van der Waals surface area (Å²) in [5, 5.41) is 0. The minimum absolute atomic E-state index is 0.000748. The van der Waals surface area contributed by atoms with Gasteiger partial charge < -0.3 is 9.47 Å². The highest BCUT2D eigenvalue weighted by molar-refractivity contribution is 7.84. The second-order valence-electron chi connectivity index (χ2n) is 8.14. The molecule has 0 N–H and O–H groups in total. The van der Waals surface area contributed by atoms with Gasteiger partial charge in [0.1, 0.15) is 24.0 Å². The number of allylic oxidation sites excluding steroid dienone is 2. The summed E-state index contributed by atoms with van der Waals surface area (Å²) in [7, 11) is -1.16. The van der Waals surface area contributed by atoms with Gasteiger partial charge in [-0.15, -0.1) is 0 Å². The van der Waals surface area contributed by atoms with E-state index in [4.69, 9.17) is 9.47 Å². The first-order valence-corrected chi connectivity index (χ1v) is 12.5. The van der Waals surface area contributed by atoms with Crippen LogP contribution in [0.25, 0.3) is 17.4 Å². The first-order valence-electron chi connectivity index (χ1n) is 11.0. The maximum Gasteiger partial charge on any atom is 0.338 e. The van der Waals surface area contributed by atoms with Crippen LogP contribution in [0.3, 0.4) is 0 Å². The van der Waals surface area contributed by atoms with Gasteiger partial charge in [-0.1, -0.05) is 30.3 Å². The standard InChI is InChI=1S/C28H22F2O5S/c1-16-21(13-18-9-11-20(12-10-18)36(3)33)25-24(30)14-23(29)22(26(25)27(16)35-17(2)31)15-34-28(32)19-7-5-4-6-8-19/h4-14H,15H2,1-3H3. The average molecular weight is 509 g/mol. The van der Waals surface area contributed by atoms with Gasteiger partial charge in [0, 0.05) is 57.2 Å². The molecule has 8 heteroatoms. The van der Waals surface area contributed by atoms with E-state index >= 15 is 8.78 Å². The van der Waals surface area contributed by atoms with Crippen molar-refractivity contribution in [3.05, 3.63) is 106 Å². The number of ether oxygens (including phenoxy) is 2. The molecule has 0 bridgehead atoms. The van der Waals surface area contributed by atoms with Crippen LogP contribution < -0.4 is 0 Å². The fourth-order valence-corrected chi connectivity index (χ4v) is 4.50. The van der Waals surface area contributed by atoms with Crippen molar-refractivity contribution < 1.29 is 32.1 Å². The molecular formula is C28H22F2O5S. The van der Waals surface area contributed by atoms with Gasteiger partial charge in [0.2, 0.25) is 0 Å². The summed E-state index contributed by atoms with van der Waals surface area (Å²) in [6, 6.07) is 15.8. The maximum atomic E-state index is 15.2. The SMILES string of the molecule is CC(=O)OC1=C(C)C(=Cc2ccc(S(C)=O)cc2)c2c(F)cc(F)c(COC(=O)c3ccccc3)c21. The molecule has 3 aromatic rings. The van der Waals surface area contributed by atoms with Crippen LogP contribution in [-0.4, -0.2) is 22.4 Å². The summed E-state index contributed by atoms with van der Waals surface area (Å²) < 4.78 is 52.7. The van der Waals surface area contributed by atoms with Gasteiger partial charge in [-0.3, -0.25) is 9.00 Å². The van der Waals surface area contributed by atoms with Gasteiger partial charge >= 0.3 is 11.9 Å². The molecular weight excluding hydrogens is 486 g/mol. The van der Waals surface area contributed by atoms with Crippen molar-refractivity contribution in [1.82, 2.24) is 0 Å². The second kappa shape index (κ2) is 10.4. The van der Waals surface area contributed by atoms with Crippen LogP contribution in [0.15, 0.2) is 71.1 Å². The molecule has 3 aromatic carbocycles. The smallest absolute Gasteiger partial charge is 0.338 e. The third-order valence-electron chi connectivity index (χ3n) is 5.70. The summed E-state index contributed by atoms with van der Waals surface area (Å²) in [4.78, 5) is 25.0. The number of halogens is 2. The van der Waals surface area contributed by atoms with E-state index in [1.165, 1.54) is 6.92 Å². The van der Waals surface area contributed by atoms with Crippen molar-refractivity contribution in [2.75, 3.05) is 6.26 Å². The van der Waals surface area contributed by atoms with Crippen LogP contribution in [0.1, 0.15) is 46.5 Å². The molecule has 1 aliphatic rings. The molecule has 1 aliphatic carbocycles. The minimum atomic E-state index is -1.16. The summed E-state index contributed by atoms with van der Waals surface area (Å²) >= 11 is 0. The normalized spacial score (nSPS) is 14.5. The van der Waals surface area contributed by atoms with Crippen molar-refractivity contribution in [1.29, 1.82) is 0 Å².